The molecule has 0 aliphatic heterocycles. The SMILES string of the molecule is C=CC(=O)OCCN(CCOC(C)(C)CCOC(C)(C)CCO)c1ccc(N=Nc2ccc([N+](=O)[O-])cc2)cc1. The number of aliphatic hydroxyl groups is 1. The van der Waals surface area contributed by atoms with E-state index in [9.17, 15) is 20.0 Å². The lowest BCUT2D eigenvalue weighted by Crippen LogP contribution is -2.36. The van der Waals surface area contributed by atoms with Gasteiger partial charge in [0, 0.05) is 37.0 Å². The van der Waals surface area contributed by atoms with Gasteiger partial charge in [0.25, 0.3) is 5.69 Å². The van der Waals surface area contributed by atoms with Gasteiger partial charge in [0.1, 0.15) is 6.61 Å². The van der Waals surface area contributed by atoms with Gasteiger partial charge in [0.15, 0.2) is 0 Å². The number of carbonyl (C=O) groups is 1. The fourth-order valence-corrected chi connectivity index (χ4v) is 3.59. The van der Waals surface area contributed by atoms with Crippen molar-refractivity contribution in [2.24, 2.45) is 10.2 Å². The van der Waals surface area contributed by atoms with Crippen LogP contribution in [0.1, 0.15) is 40.5 Å². The minimum Gasteiger partial charge on any atom is -0.461 e. The molecule has 2 rings (SSSR count). The van der Waals surface area contributed by atoms with E-state index in [1.54, 1.807) is 0 Å². The molecule has 0 fully saturated rings. The average molecular weight is 557 g/mol. The van der Waals surface area contributed by atoms with E-state index in [1.165, 1.54) is 24.3 Å². The van der Waals surface area contributed by atoms with Crippen molar-refractivity contribution in [3.8, 4) is 0 Å². The topological polar surface area (TPSA) is 136 Å². The van der Waals surface area contributed by atoms with E-state index < -0.39 is 22.1 Å². The highest BCUT2D eigenvalue weighted by atomic mass is 16.6. The zero-order valence-corrected chi connectivity index (χ0v) is 23.7. The summed E-state index contributed by atoms with van der Waals surface area (Å²) >= 11 is 0. The molecule has 11 heteroatoms. The highest BCUT2D eigenvalue weighted by molar-refractivity contribution is 5.81. The average Bonchev–Trinajstić information content (AvgIpc) is 2.91. The van der Waals surface area contributed by atoms with Crippen LogP contribution in [-0.2, 0) is 19.0 Å². The van der Waals surface area contributed by atoms with E-state index in [4.69, 9.17) is 14.2 Å². The zero-order valence-electron chi connectivity index (χ0n) is 23.7. The van der Waals surface area contributed by atoms with Crippen LogP contribution < -0.4 is 4.90 Å². The maximum absolute atomic E-state index is 11.5. The summed E-state index contributed by atoms with van der Waals surface area (Å²) < 4.78 is 17.3. The van der Waals surface area contributed by atoms with Gasteiger partial charge in [-0.3, -0.25) is 10.1 Å². The number of nitro groups is 1. The fraction of sp³-hybridized carbons (Fsp3) is 0.483. The molecule has 1 N–H and O–H groups in total. The number of azo groups is 1. The third kappa shape index (κ3) is 12.0. The third-order valence-electron chi connectivity index (χ3n) is 6.09. The van der Waals surface area contributed by atoms with Gasteiger partial charge in [-0.1, -0.05) is 6.58 Å². The van der Waals surface area contributed by atoms with E-state index in [0.29, 0.717) is 50.5 Å². The first-order chi connectivity index (χ1) is 18.9. The molecule has 2 aromatic rings. The molecule has 0 amide bonds. The monoisotopic (exact) mass is 556 g/mol. The number of aliphatic hydroxyl groups excluding tert-OH is 1. The number of rotatable bonds is 18. The second-order valence-corrected chi connectivity index (χ2v) is 10.3. The molecule has 0 heterocycles. The number of carbonyl (C=O) groups excluding carboxylic acids is 1. The first-order valence-electron chi connectivity index (χ1n) is 13.1. The number of anilines is 1. The van der Waals surface area contributed by atoms with Crippen LogP contribution in [-0.4, -0.2) is 66.7 Å². The third-order valence-corrected chi connectivity index (χ3v) is 6.09. The number of non-ortho nitro benzene ring substituents is 1. The number of hydrogen-bond donors (Lipinski definition) is 1. The summed E-state index contributed by atoms with van der Waals surface area (Å²) in [6.45, 7) is 13.6. The van der Waals surface area contributed by atoms with Crippen molar-refractivity contribution in [3.05, 3.63) is 71.3 Å². The van der Waals surface area contributed by atoms with Crippen LogP contribution in [0.5, 0.6) is 0 Å². The molecular weight excluding hydrogens is 516 g/mol. The van der Waals surface area contributed by atoms with E-state index >= 15 is 0 Å². The summed E-state index contributed by atoms with van der Waals surface area (Å²) in [6.07, 6.45) is 2.38. The van der Waals surface area contributed by atoms with Crippen molar-refractivity contribution in [2.75, 3.05) is 44.4 Å². The molecule has 11 nitrogen and oxygen atoms in total. The van der Waals surface area contributed by atoms with Crippen LogP contribution in [0.15, 0.2) is 71.4 Å². The number of nitrogens with zero attached hydrogens (tertiary/aromatic N) is 4. The van der Waals surface area contributed by atoms with Crippen LogP contribution >= 0.6 is 0 Å². The second-order valence-electron chi connectivity index (χ2n) is 10.3. The molecule has 0 atom stereocenters. The molecule has 40 heavy (non-hydrogen) atoms. The zero-order chi connectivity index (χ0) is 29.6. The Morgan fingerprint density at radius 1 is 0.925 bits per heavy atom. The molecule has 0 radical (unpaired) electrons. The molecule has 0 saturated carbocycles. The first kappa shape index (κ1) is 32.5. The summed E-state index contributed by atoms with van der Waals surface area (Å²) in [4.78, 5) is 23.9. The van der Waals surface area contributed by atoms with Gasteiger partial charge in [0.2, 0.25) is 0 Å². The Balaban J connectivity index is 1.99. The maximum Gasteiger partial charge on any atom is 0.330 e. The standard InChI is InChI=1S/C29H40N4O7/c1-6-27(35)38-21-17-32(18-22-40-29(4,5)16-20-39-28(2,3)15-19-34)25-11-7-23(8-12-25)30-31-24-9-13-26(14-10-24)33(36)37/h6-14,34H,1,15-22H2,2-5H3. The van der Waals surface area contributed by atoms with Crippen molar-refractivity contribution in [1.82, 2.24) is 0 Å². The predicted molar refractivity (Wildman–Crippen MR) is 153 cm³/mol. The van der Waals surface area contributed by atoms with Crippen molar-refractivity contribution < 1.29 is 29.0 Å². The lowest BCUT2D eigenvalue weighted by atomic mass is 10.0. The molecule has 0 aromatic heterocycles. The molecule has 0 spiro atoms. The number of ether oxygens (including phenoxy) is 3. The largest absolute Gasteiger partial charge is 0.461 e. The van der Waals surface area contributed by atoms with Crippen LogP contribution in [0.25, 0.3) is 0 Å². The van der Waals surface area contributed by atoms with E-state index in [2.05, 4.69) is 16.8 Å². The van der Waals surface area contributed by atoms with E-state index in [-0.39, 0.29) is 18.9 Å². The highest BCUT2D eigenvalue weighted by Gasteiger charge is 2.23. The van der Waals surface area contributed by atoms with Gasteiger partial charge in [0.05, 0.1) is 47.3 Å². The van der Waals surface area contributed by atoms with Crippen LogP contribution in [0.4, 0.5) is 22.7 Å². The quantitative estimate of drug-likeness (QED) is 0.0787. The van der Waals surface area contributed by atoms with Crippen molar-refractivity contribution in [1.29, 1.82) is 0 Å². The molecule has 0 aliphatic carbocycles. The van der Waals surface area contributed by atoms with Crippen molar-refractivity contribution in [3.63, 3.8) is 0 Å². The summed E-state index contributed by atoms with van der Waals surface area (Å²) in [5, 5.41) is 28.3. The Hall–Kier alpha value is -3.67. The van der Waals surface area contributed by atoms with Crippen LogP contribution in [0.2, 0.25) is 0 Å². The van der Waals surface area contributed by atoms with Gasteiger partial charge in [-0.2, -0.15) is 10.2 Å². The summed E-state index contributed by atoms with van der Waals surface area (Å²) in [5.74, 6) is -0.483. The number of hydrogen-bond acceptors (Lipinski definition) is 10. The lowest BCUT2D eigenvalue weighted by molar-refractivity contribution is -0.384. The first-order valence-corrected chi connectivity index (χ1v) is 13.1. The fourth-order valence-electron chi connectivity index (χ4n) is 3.59. The molecule has 0 bridgehead atoms. The van der Waals surface area contributed by atoms with Crippen molar-refractivity contribution in [2.45, 2.75) is 51.7 Å². The van der Waals surface area contributed by atoms with Crippen molar-refractivity contribution >= 4 is 28.7 Å². The van der Waals surface area contributed by atoms with Gasteiger partial charge >= 0.3 is 5.97 Å². The van der Waals surface area contributed by atoms with Gasteiger partial charge in [-0.05, 0) is 76.9 Å². The Morgan fingerprint density at radius 2 is 1.45 bits per heavy atom. The Bertz CT molecular complexity index is 1120. The lowest BCUT2D eigenvalue weighted by Gasteiger charge is -2.31. The van der Waals surface area contributed by atoms with Gasteiger partial charge < -0.3 is 24.2 Å². The molecule has 218 valence electrons. The molecule has 0 saturated heterocycles. The predicted octanol–water partition coefficient (Wildman–Crippen LogP) is 5.91. The Kier molecular flexibility index (Phi) is 12.9. The van der Waals surface area contributed by atoms with Crippen LogP contribution in [0, 0.1) is 10.1 Å². The second kappa shape index (κ2) is 15.8. The molecular formula is C29H40N4O7. The van der Waals surface area contributed by atoms with Crippen LogP contribution in [0.3, 0.4) is 0 Å². The molecule has 2 aromatic carbocycles. The minimum atomic E-state index is -0.483. The number of nitro benzene ring substituents is 1. The molecule has 0 unspecified atom stereocenters. The summed E-state index contributed by atoms with van der Waals surface area (Å²) in [7, 11) is 0. The van der Waals surface area contributed by atoms with E-state index in [1.807, 2.05) is 56.9 Å². The van der Waals surface area contributed by atoms with E-state index in [0.717, 1.165) is 11.8 Å². The Morgan fingerprint density at radius 3 is 2.00 bits per heavy atom. The summed E-state index contributed by atoms with van der Waals surface area (Å²) in [5.41, 5.74) is 1.18. The normalized spacial score (nSPS) is 11.9. The maximum atomic E-state index is 11.5. The van der Waals surface area contributed by atoms with Gasteiger partial charge in [-0.15, -0.1) is 0 Å². The Labute approximate surface area is 235 Å². The number of benzene rings is 2. The highest BCUT2D eigenvalue weighted by Crippen LogP contribution is 2.24. The van der Waals surface area contributed by atoms with Gasteiger partial charge in [-0.25, -0.2) is 4.79 Å². The summed E-state index contributed by atoms with van der Waals surface area (Å²) in [6, 6.07) is 13.2. The number of esters is 1. The molecule has 0 aliphatic rings. The minimum absolute atomic E-state index is 0.00939. The smallest absolute Gasteiger partial charge is 0.330 e.